The Balaban J connectivity index is 2.51. The second-order valence-electron chi connectivity index (χ2n) is 5.70. The lowest BCUT2D eigenvalue weighted by Crippen LogP contribution is -2.49. The first-order chi connectivity index (χ1) is 9.79. The summed E-state index contributed by atoms with van der Waals surface area (Å²) in [5.74, 6) is 0.0581. The fraction of sp³-hybridized carbons (Fsp3) is 0.929. The molecule has 0 aliphatic carbocycles. The Labute approximate surface area is 129 Å². The molecule has 1 rings (SSSR count). The second kappa shape index (κ2) is 8.10. The summed E-state index contributed by atoms with van der Waals surface area (Å²) in [6, 6.07) is -0.0651. The van der Waals surface area contributed by atoms with Gasteiger partial charge in [-0.25, -0.2) is 8.42 Å². The van der Waals surface area contributed by atoms with Crippen LogP contribution in [-0.2, 0) is 14.8 Å². The molecule has 0 radical (unpaired) electrons. The monoisotopic (exact) mass is 319 g/mol. The third kappa shape index (κ3) is 5.56. The normalized spacial score (nSPS) is 19.0. The van der Waals surface area contributed by atoms with Crippen molar-refractivity contribution in [2.45, 2.75) is 39.7 Å². The van der Waals surface area contributed by atoms with Crippen molar-refractivity contribution in [2.24, 2.45) is 0 Å². The number of likely N-dealkylation sites (N-methyl/N-ethyl adjacent to an activating group) is 1. The maximum atomic E-state index is 12.2. The van der Waals surface area contributed by atoms with Gasteiger partial charge in [0, 0.05) is 45.2 Å². The number of hydrogen-bond acceptors (Lipinski definition) is 4. The minimum Gasteiger partial charge on any atom is -0.340 e. The molecule has 1 amide bonds. The molecule has 1 aliphatic rings. The van der Waals surface area contributed by atoms with E-state index in [9.17, 15) is 13.2 Å². The molecule has 0 aromatic rings. The van der Waals surface area contributed by atoms with Gasteiger partial charge in [-0.15, -0.1) is 0 Å². The lowest BCUT2D eigenvalue weighted by molar-refractivity contribution is -0.133. The van der Waals surface area contributed by atoms with Crippen LogP contribution in [0.3, 0.4) is 0 Å². The Bertz CT molecular complexity index is 431. The SMILES string of the molecule is CCC(C)N(CCC(=O)N1CCN(CC)CC1)S(C)(=O)=O. The lowest BCUT2D eigenvalue weighted by atomic mass is 10.2. The first kappa shape index (κ1) is 18.4. The first-order valence-electron chi connectivity index (χ1n) is 7.76. The van der Waals surface area contributed by atoms with E-state index >= 15 is 0 Å². The van der Waals surface area contributed by atoms with E-state index in [2.05, 4.69) is 11.8 Å². The molecule has 6 nitrogen and oxygen atoms in total. The number of hydrogen-bond donors (Lipinski definition) is 0. The fourth-order valence-electron chi connectivity index (χ4n) is 2.59. The molecule has 7 heteroatoms. The minimum absolute atomic E-state index is 0.0581. The molecular formula is C14H29N3O3S. The molecule has 0 saturated carbocycles. The standard InChI is InChI=1S/C14H29N3O3S/c1-5-13(3)17(21(4,19)20)8-7-14(18)16-11-9-15(6-2)10-12-16/h13H,5-12H2,1-4H3. The zero-order chi connectivity index (χ0) is 16.0. The molecule has 0 aromatic carbocycles. The highest BCUT2D eigenvalue weighted by molar-refractivity contribution is 7.88. The van der Waals surface area contributed by atoms with Gasteiger partial charge in [-0.3, -0.25) is 4.79 Å². The van der Waals surface area contributed by atoms with Crippen LogP contribution in [0.5, 0.6) is 0 Å². The van der Waals surface area contributed by atoms with Crippen LogP contribution in [0.2, 0.25) is 0 Å². The van der Waals surface area contributed by atoms with Gasteiger partial charge in [-0.05, 0) is 19.9 Å². The molecule has 1 heterocycles. The van der Waals surface area contributed by atoms with E-state index in [4.69, 9.17) is 0 Å². The van der Waals surface area contributed by atoms with Crippen molar-refractivity contribution < 1.29 is 13.2 Å². The minimum atomic E-state index is -3.26. The molecule has 124 valence electrons. The quantitative estimate of drug-likeness (QED) is 0.689. The molecule has 1 unspecified atom stereocenters. The second-order valence-corrected chi connectivity index (χ2v) is 7.63. The maximum Gasteiger partial charge on any atom is 0.223 e. The highest BCUT2D eigenvalue weighted by atomic mass is 32.2. The van der Waals surface area contributed by atoms with Crippen LogP contribution in [0.25, 0.3) is 0 Å². The summed E-state index contributed by atoms with van der Waals surface area (Å²) in [5.41, 5.74) is 0. The van der Waals surface area contributed by atoms with Gasteiger partial charge in [0.25, 0.3) is 0 Å². The van der Waals surface area contributed by atoms with Crippen LogP contribution in [-0.4, -0.2) is 80.0 Å². The fourth-order valence-corrected chi connectivity index (χ4v) is 3.82. The van der Waals surface area contributed by atoms with Crippen LogP contribution >= 0.6 is 0 Å². The average Bonchev–Trinajstić information content (AvgIpc) is 2.45. The summed E-state index contributed by atoms with van der Waals surface area (Å²) in [4.78, 5) is 16.4. The van der Waals surface area contributed by atoms with Gasteiger partial charge in [0.1, 0.15) is 0 Å². The van der Waals surface area contributed by atoms with E-state index in [1.165, 1.54) is 10.6 Å². The van der Waals surface area contributed by atoms with Gasteiger partial charge in [-0.1, -0.05) is 13.8 Å². The van der Waals surface area contributed by atoms with Crippen molar-refractivity contribution >= 4 is 15.9 Å². The third-order valence-electron chi connectivity index (χ3n) is 4.23. The Hall–Kier alpha value is -0.660. The van der Waals surface area contributed by atoms with Gasteiger partial charge in [0.15, 0.2) is 0 Å². The molecule has 1 atom stereocenters. The highest BCUT2D eigenvalue weighted by Crippen LogP contribution is 2.11. The summed E-state index contributed by atoms with van der Waals surface area (Å²) >= 11 is 0. The van der Waals surface area contributed by atoms with E-state index in [1.54, 1.807) is 0 Å². The third-order valence-corrected chi connectivity index (χ3v) is 5.62. The van der Waals surface area contributed by atoms with Gasteiger partial charge >= 0.3 is 0 Å². The number of rotatable bonds is 7. The lowest BCUT2D eigenvalue weighted by Gasteiger charge is -2.34. The average molecular weight is 319 g/mol. The van der Waals surface area contributed by atoms with Crippen LogP contribution in [0.1, 0.15) is 33.6 Å². The summed E-state index contributed by atoms with van der Waals surface area (Å²) < 4.78 is 25.0. The van der Waals surface area contributed by atoms with E-state index in [1.807, 2.05) is 18.7 Å². The molecule has 21 heavy (non-hydrogen) atoms. The van der Waals surface area contributed by atoms with Crippen molar-refractivity contribution in [3.05, 3.63) is 0 Å². The van der Waals surface area contributed by atoms with E-state index < -0.39 is 10.0 Å². The number of sulfonamides is 1. The highest BCUT2D eigenvalue weighted by Gasteiger charge is 2.25. The zero-order valence-electron chi connectivity index (χ0n) is 13.7. The number of piperazine rings is 1. The molecule has 1 saturated heterocycles. The molecule has 0 aromatic heterocycles. The zero-order valence-corrected chi connectivity index (χ0v) is 14.5. The Morgan fingerprint density at radius 3 is 2.19 bits per heavy atom. The van der Waals surface area contributed by atoms with Crippen molar-refractivity contribution in [3.63, 3.8) is 0 Å². The summed E-state index contributed by atoms with van der Waals surface area (Å²) in [7, 11) is -3.26. The van der Waals surface area contributed by atoms with Gasteiger partial charge in [-0.2, -0.15) is 4.31 Å². The van der Waals surface area contributed by atoms with E-state index in [0.717, 1.165) is 39.1 Å². The maximum absolute atomic E-state index is 12.2. The Morgan fingerprint density at radius 1 is 1.19 bits per heavy atom. The number of nitrogens with zero attached hydrogens (tertiary/aromatic N) is 3. The summed E-state index contributed by atoms with van der Waals surface area (Å²) in [6.45, 7) is 10.5. The van der Waals surface area contributed by atoms with Crippen molar-refractivity contribution in [1.82, 2.24) is 14.1 Å². The van der Waals surface area contributed by atoms with Crippen LogP contribution in [0, 0.1) is 0 Å². The molecule has 1 fully saturated rings. The molecule has 0 spiro atoms. The predicted octanol–water partition coefficient (Wildman–Crippen LogP) is 0.601. The largest absolute Gasteiger partial charge is 0.340 e. The van der Waals surface area contributed by atoms with Crippen LogP contribution in [0.15, 0.2) is 0 Å². The molecular weight excluding hydrogens is 290 g/mol. The smallest absolute Gasteiger partial charge is 0.223 e. The van der Waals surface area contributed by atoms with Gasteiger partial charge in [0.05, 0.1) is 6.26 Å². The first-order valence-corrected chi connectivity index (χ1v) is 9.61. The molecule has 0 bridgehead atoms. The number of carbonyl (C=O) groups excluding carboxylic acids is 1. The van der Waals surface area contributed by atoms with Gasteiger partial charge < -0.3 is 9.80 Å². The molecule has 0 N–H and O–H groups in total. The van der Waals surface area contributed by atoms with E-state index in [-0.39, 0.29) is 24.9 Å². The Morgan fingerprint density at radius 2 is 1.76 bits per heavy atom. The predicted molar refractivity (Wildman–Crippen MR) is 84.6 cm³/mol. The Kier molecular flexibility index (Phi) is 7.09. The summed E-state index contributed by atoms with van der Waals surface area (Å²) in [6.07, 6.45) is 2.23. The van der Waals surface area contributed by atoms with E-state index in [0.29, 0.717) is 0 Å². The van der Waals surface area contributed by atoms with Crippen molar-refractivity contribution in [2.75, 3.05) is 45.5 Å². The summed E-state index contributed by atoms with van der Waals surface area (Å²) in [5, 5.41) is 0. The van der Waals surface area contributed by atoms with Crippen molar-refractivity contribution in [1.29, 1.82) is 0 Å². The number of carbonyl (C=O) groups is 1. The number of amides is 1. The van der Waals surface area contributed by atoms with Crippen LogP contribution < -0.4 is 0 Å². The van der Waals surface area contributed by atoms with Crippen LogP contribution in [0.4, 0.5) is 0 Å². The molecule has 1 aliphatic heterocycles. The topological polar surface area (TPSA) is 60.9 Å². The van der Waals surface area contributed by atoms with Gasteiger partial charge in [0.2, 0.25) is 15.9 Å². The van der Waals surface area contributed by atoms with Crippen molar-refractivity contribution in [3.8, 4) is 0 Å².